The molecule has 9 aromatic carbocycles. The third-order valence-corrected chi connectivity index (χ3v) is 13.1. The lowest BCUT2D eigenvalue weighted by molar-refractivity contribution is 0.670. The third kappa shape index (κ3) is 6.37. The fourth-order valence-corrected chi connectivity index (χ4v) is 9.93. The molecule has 0 radical (unpaired) electrons. The molecule has 0 unspecified atom stereocenters. The van der Waals surface area contributed by atoms with Gasteiger partial charge in [0, 0.05) is 53.2 Å². The van der Waals surface area contributed by atoms with Gasteiger partial charge in [0.1, 0.15) is 11.2 Å². The van der Waals surface area contributed by atoms with Gasteiger partial charge < -0.3 is 4.42 Å². The Hall–Kier alpha value is -7.92. The van der Waals surface area contributed by atoms with Crippen LogP contribution < -0.4 is 0 Å². The van der Waals surface area contributed by atoms with Crippen molar-refractivity contribution in [1.29, 1.82) is 0 Å². The fraction of sp³-hybridized carbons (Fsp3) is 0. The summed E-state index contributed by atoms with van der Waals surface area (Å²) in [5.74, 6) is 0.667. The number of fused-ring (bicyclic) bond motifs is 6. The molecule has 4 heteroatoms. The lowest BCUT2D eigenvalue weighted by Gasteiger charge is -2.13. The monoisotopic (exact) mass is 808 g/mol. The Morgan fingerprint density at radius 3 is 1.56 bits per heavy atom. The topological polar surface area (TPSA) is 38.9 Å². The largest absolute Gasteiger partial charge is 0.455 e. The van der Waals surface area contributed by atoms with E-state index in [9.17, 15) is 0 Å². The highest BCUT2D eigenvalue weighted by atomic mass is 32.1. The van der Waals surface area contributed by atoms with Crippen LogP contribution in [-0.4, -0.2) is 9.97 Å². The molecule has 0 aliphatic heterocycles. The van der Waals surface area contributed by atoms with Crippen molar-refractivity contribution in [2.75, 3.05) is 0 Å². The Morgan fingerprint density at radius 1 is 0.323 bits per heavy atom. The van der Waals surface area contributed by atoms with Crippen LogP contribution >= 0.6 is 11.3 Å². The van der Waals surface area contributed by atoms with E-state index in [1.54, 1.807) is 0 Å². The van der Waals surface area contributed by atoms with Gasteiger partial charge in [-0.05, 0) is 93.5 Å². The summed E-state index contributed by atoms with van der Waals surface area (Å²) >= 11 is 1.84. The Bertz CT molecular complexity index is 3550. The highest BCUT2D eigenvalue weighted by Gasteiger charge is 2.19. The molecule has 3 aromatic heterocycles. The van der Waals surface area contributed by atoms with Crippen molar-refractivity contribution in [3.63, 3.8) is 0 Å². The van der Waals surface area contributed by atoms with Gasteiger partial charge >= 0.3 is 0 Å². The van der Waals surface area contributed by atoms with Crippen molar-refractivity contribution < 1.29 is 4.42 Å². The van der Waals surface area contributed by atoms with E-state index in [0.717, 1.165) is 89.0 Å². The number of hydrogen-bond acceptors (Lipinski definition) is 4. The molecule has 12 aromatic rings. The summed E-state index contributed by atoms with van der Waals surface area (Å²) in [4.78, 5) is 10.5. The highest BCUT2D eigenvalue weighted by Crippen LogP contribution is 2.44. The number of aromatic nitrogens is 2. The molecule has 290 valence electrons. The molecular formula is C58H36N2OS. The molecular weight excluding hydrogens is 773 g/mol. The van der Waals surface area contributed by atoms with Crippen LogP contribution in [0.15, 0.2) is 223 Å². The van der Waals surface area contributed by atoms with Gasteiger partial charge in [-0.3, -0.25) is 0 Å². The van der Waals surface area contributed by atoms with E-state index in [-0.39, 0.29) is 0 Å². The van der Waals surface area contributed by atoms with Crippen LogP contribution in [0.1, 0.15) is 0 Å². The summed E-state index contributed by atoms with van der Waals surface area (Å²) in [6, 6.07) is 77.3. The first-order valence-corrected chi connectivity index (χ1v) is 21.7. The first kappa shape index (κ1) is 36.0. The summed E-state index contributed by atoms with van der Waals surface area (Å²) in [5, 5.41) is 4.81. The number of para-hydroxylation sites is 1. The predicted octanol–water partition coefficient (Wildman–Crippen LogP) is 16.4. The molecule has 0 bridgehead atoms. The van der Waals surface area contributed by atoms with Gasteiger partial charge in [-0.1, -0.05) is 164 Å². The Labute approximate surface area is 362 Å². The summed E-state index contributed by atoms with van der Waals surface area (Å²) < 4.78 is 9.35. The number of nitrogens with zero attached hydrogens (tertiary/aromatic N) is 2. The van der Waals surface area contributed by atoms with Gasteiger partial charge in [-0.15, -0.1) is 11.3 Å². The zero-order valence-electron chi connectivity index (χ0n) is 33.5. The molecule has 0 saturated carbocycles. The summed E-state index contributed by atoms with van der Waals surface area (Å²) in [6.07, 6.45) is 0. The van der Waals surface area contributed by atoms with E-state index in [2.05, 4.69) is 206 Å². The first-order valence-electron chi connectivity index (χ1n) is 20.9. The van der Waals surface area contributed by atoms with Gasteiger partial charge in [0.25, 0.3) is 0 Å². The molecule has 0 aliphatic rings. The van der Waals surface area contributed by atoms with Crippen LogP contribution in [-0.2, 0) is 0 Å². The average molecular weight is 809 g/mol. The van der Waals surface area contributed by atoms with E-state index in [4.69, 9.17) is 14.4 Å². The van der Waals surface area contributed by atoms with Gasteiger partial charge in [0.05, 0.1) is 11.4 Å². The van der Waals surface area contributed by atoms with Gasteiger partial charge in [0.15, 0.2) is 5.82 Å². The number of benzene rings is 9. The van der Waals surface area contributed by atoms with E-state index in [1.807, 2.05) is 23.5 Å². The van der Waals surface area contributed by atoms with Crippen LogP contribution in [0, 0.1) is 0 Å². The third-order valence-electron chi connectivity index (χ3n) is 11.9. The Morgan fingerprint density at radius 2 is 0.855 bits per heavy atom. The quantitative estimate of drug-likeness (QED) is 0.161. The molecule has 3 nitrogen and oxygen atoms in total. The van der Waals surface area contributed by atoms with Crippen molar-refractivity contribution in [1.82, 2.24) is 9.97 Å². The lowest BCUT2D eigenvalue weighted by atomic mass is 9.93. The summed E-state index contributed by atoms with van der Waals surface area (Å²) in [5.41, 5.74) is 15.5. The predicted molar refractivity (Wildman–Crippen MR) is 260 cm³/mol. The number of rotatable bonds is 7. The minimum absolute atomic E-state index is 0.667. The van der Waals surface area contributed by atoms with E-state index in [0.29, 0.717) is 5.82 Å². The van der Waals surface area contributed by atoms with Gasteiger partial charge in [-0.25, -0.2) is 9.97 Å². The van der Waals surface area contributed by atoms with Gasteiger partial charge in [-0.2, -0.15) is 0 Å². The molecule has 62 heavy (non-hydrogen) atoms. The first-order chi connectivity index (χ1) is 30.7. The van der Waals surface area contributed by atoms with Crippen LogP contribution in [0.25, 0.3) is 121 Å². The second-order valence-corrected chi connectivity index (χ2v) is 16.8. The molecule has 12 rings (SSSR count). The fourth-order valence-electron chi connectivity index (χ4n) is 8.84. The second kappa shape index (κ2) is 15.0. The maximum atomic E-state index is 6.75. The number of thiophene rings is 1. The van der Waals surface area contributed by atoms with Gasteiger partial charge in [0.2, 0.25) is 0 Å². The normalized spacial score (nSPS) is 11.5. The lowest BCUT2D eigenvalue weighted by Crippen LogP contribution is -1.96. The van der Waals surface area contributed by atoms with Crippen LogP contribution in [0.4, 0.5) is 0 Å². The zero-order chi connectivity index (χ0) is 41.0. The Kier molecular flexibility index (Phi) is 8.68. The average Bonchev–Trinajstić information content (AvgIpc) is 3.93. The number of furan rings is 1. The molecule has 0 amide bonds. The molecule has 0 fully saturated rings. The molecule has 0 atom stereocenters. The van der Waals surface area contributed by atoms with E-state index >= 15 is 0 Å². The smallest absolute Gasteiger partial charge is 0.160 e. The van der Waals surface area contributed by atoms with Crippen LogP contribution in [0.5, 0.6) is 0 Å². The van der Waals surface area contributed by atoms with E-state index in [1.165, 1.54) is 25.7 Å². The highest BCUT2D eigenvalue weighted by molar-refractivity contribution is 7.25. The zero-order valence-corrected chi connectivity index (χ0v) is 34.3. The van der Waals surface area contributed by atoms with Crippen molar-refractivity contribution >= 4 is 53.4 Å². The second-order valence-electron chi connectivity index (χ2n) is 15.7. The SMILES string of the molecule is c1ccc(-c2cc(-c3ccccc3)cc(-c3cc(-c4ccccc4)nc(-c4ccc(-c5ccc(-c6ccc7sc8ccccc8c7c6)c6c5oc5ccccc56)cc4)n3)c2)cc1. The van der Waals surface area contributed by atoms with Crippen LogP contribution in [0.3, 0.4) is 0 Å². The minimum atomic E-state index is 0.667. The Balaban J connectivity index is 0.980. The molecule has 0 spiro atoms. The minimum Gasteiger partial charge on any atom is -0.455 e. The molecule has 0 N–H and O–H groups in total. The molecule has 3 heterocycles. The number of hydrogen-bond donors (Lipinski definition) is 0. The van der Waals surface area contributed by atoms with Crippen molar-refractivity contribution in [3.05, 3.63) is 218 Å². The maximum Gasteiger partial charge on any atom is 0.160 e. The maximum absolute atomic E-state index is 6.75. The standard InChI is InChI=1S/C58H36N2OS/c1-4-14-37(15-5-1)43-32-44(38-16-6-2-7-17-38)34-45(33-43)52-36-51(40-18-8-3-9-19-40)59-58(60-52)41-26-24-39(25-27-41)47-30-29-46(56-49-21-10-12-22-53(49)61-57(47)56)42-28-31-55-50(35-42)48-20-11-13-23-54(48)62-55/h1-36H. The van der Waals surface area contributed by atoms with Crippen LogP contribution in [0.2, 0.25) is 0 Å². The van der Waals surface area contributed by atoms with Crippen molar-refractivity contribution in [2.45, 2.75) is 0 Å². The summed E-state index contributed by atoms with van der Waals surface area (Å²) in [6.45, 7) is 0. The van der Waals surface area contributed by atoms with Crippen molar-refractivity contribution in [2.24, 2.45) is 0 Å². The molecule has 0 saturated heterocycles. The molecule has 0 aliphatic carbocycles. The van der Waals surface area contributed by atoms with E-state index < -0.39 is 0 Å². The summed E-state index contributed by atoms with van der Waals surface area (Å²) in [7, 11) is 0. The van der Waals surface area contributed by atoms with Crippen molar-refractivity contribution in [3.8, 4) is 78.4 Å².